The Morgan fingerprint density at radius 3 is 2.35 bits per heavy atom. The van der Waals surface area contributed by atoms with Crippen LogP contribution in [-0.4, -0.2) is 4.98 Å². The molecular weight excluding hydrogens is 208 g/mol. The van der Waals surface area contributed by atoms with Crippen LogP contribution in [0.4, 0.5) is 5.82 Å². The number of pyridine rings is 1. The van der Waals surface area contributed by atoms with Crippen molar-refractivity contribution in [3.8, 4) is 11.3 Å². The number of benzene rings is 2. The molecule has 2 heteroatoms. The van der Waals surface area contributed by atoms with Crippen molar-refractivity contribution in [1.29, 1.82) is 0 Å². The predicted molar refractivity (Wildman–Crippen MR) is 71.6 cm³/mol. The molecule has 82 valence electrons. The summed E-state index contributed by atoms with van der Waals surface area (Å²) in [5, 5.41) is 2.13. The van der Waals surface area contributed by atoms with E-state index in [2.05, 4.69) is 17.1 Å². The minimum Gasteiger partial charge on any atom is -0.383 e. The summed E-state index contributed by atoms with van der Waals surface area (Å²) < 4.78 is 0. The van der Waals surface area contributed by atoms with Gasteiger partial charge in [0, 0.05) is 10.9 Å². The highest BCUT2D eigenvalue weighted by Gasteiger charge is 2.04. The van der Waals surface area contributed by atoms with Gasteiger partial charge in [-0.1, -0.05) is 54.6 Å². The first-order valence-corrected chi connectivity index (χ1v) is 5.55. The second-order valence-corrected chi connectivity index (χ2v) is 3.98. The molecule has 0 bridgehead atoms. The average Bonchev–Trinajstić information content (AvgIpc) is 2.40. The van der Waals surface area contributed by atoms with Crippen molar-refractivity contribution < 1.29 is 0 Å². The van der Waals surface area contributed by atoms with Gasteiger partial charge >= 0.3 is 0 Å². The van der Waals surface area contributed by atoms with E-state index in [0.29, 0.717) is 5.82 Å². The topological polar surface area (TPSA) is 38.9 Å². The number of nitrogens with zero attached hydrogens (tertiary/aromatic N) is 1. The van der Waals surface area contributed by atoms with Crippen molar-refractivity contribution in [2.24, 2.45) is 0 Å². The summed E-state index contributed by atoms with van der Waals surface area (Å²) in [6.45, 7) is 0. The molecule has 0 unspecified atom stereocenters. The highest BCUT2D eigenvalue weighted by Crippen LogP contribution is 2.25. The maximum Gasteiger partial charge on any atom is 0.131 e. The molecule has 0 aliphatic heterocycles. The Morgan fingerprint density at radius 2 is 1.53 bits per heavy atom. The van der Waals surface area contributed by atoms with E-state index in [4.69, 9.17) is 5.73 Å². The molecule has 17 heavy (non-hydrogen) atoms. The zero-order valence-electron chi connectivity index (χ0n) is 9.30. The molecule has 0 aliphatic carbocycles. The van der Waals surface area contributed by atoms with Crippen molar-refractivity contribution in [3.63, 3.8) is 0 Å². The Labute approximate surface area is 99.7 Å². The SMILES string of the molecule is Nc1nc(-c2ccccc2)cc2ccccc12. The lowest BCUT2D eigenvalue weighted by molar-refractivity contribution is 1.36. The fourth-order valence-electron chi connectivity index (χ4n) is 1.98. The molecule has 0 atom stereocenters. The van der Waals surface area contributed by atoms with Gasteiger partial charge in [0.05, 0.1) is 5.69 Å². The first-order chi connectivity index (χ1) is 8.34. The average molecular weight is 220 g/mol. The number of nitrogen functional groups attached to an aromatic ring is 1. The summed E-state index contributed by atoms with van der Waals surface area (Å²) in [5.74, 6) is 0.585. The van der Waals surface area contributed by atoms with E-state index >= 15 is 0 Å². The van der Waals surface area contributed by atoms with Gasteiger partial charge < -0.3 is 5.73 Å². The first-order valence-electron chi connectivity index (χ1n) is 5.55. The Kier molecular flexibility index (Phi) is 2.26. The predicted octanol–water partition coefficient (Wildman–Crippen LogP) is 3.48. The number of aromatic nitrogens is 1. The third-order valence-corrected chi connectivity index (χ3v) is 2.84. The van der Waals surface area contributed by atoms with E-state index in [9.17, 15) is 0 Å². The fraction of sp³-hybridized carbons (Fsp3) is 0. The van der Waals surface area contributed by atoms with Crippen LogP contribution in [0.2, 0.25) is 0 Å². The summed E-state index contributed by atoms with van der Waals surface area (Å²) in [6, 6.07) is 20.2. The molecule has 2 aromatic carbocycles. The first kappa shape index (κ1) is 9.85. The number of hydrogen-bond donors (Lipinski definition) is 1. The van der Waals surface area contributed by atoms with Gasteiger partial charge in [-0.3, -0.25) is 0 Å². The van der Waals surface area contributed by atoms with Crippen LogP contribution in [0.5, 0.6) is 0 Å². The van der Waals surface area contributed by atoms with Crippen molar-refractivity contribution in [2.45, 2.75) is 0 Å². The summed E-state index contributed by atoms with van der Waals surface area (Å²) in [4.78, 5) is 4.45. The minimum atomic E-state index is 0.585. The molecule has 0 saturated carbocycles. The van der Waals surface area contributed by atoms with Gasteiger partial charge in [-0.05, 0) is 11.5 Å². The van der Waals surface area contributed by atoms with Crippen LogP contribution in [0.3, 0.4) is 0 Å². The number of hydrogen-bond acceptors (Lipinski definition) is 2. The standard InChI is InChI=1S/C15H12N2/c16-15-13-9-5-4-8-12(13)10-14(17-15)11-6-2-1-3-7-11/h1-10H,(H2,16,17). The summed E-state index contributed by atoms with van der Waals surface area (Å²) in [6.07, 6.45) is 0. The zero-order chi connectivity index (χ0) is 11.7. The molecule has 0 radical (unpaired) electrons. The van der Waals surface area contributed by atoms with E-state index in [1.807, 2.05) is 48.5 Å². The van der Waals surface area contributed by atoms with Crippen molar-refractivity contribution in [1.82, 2.24) is 4.98 Å². The summed E-state index contributed by atoms with van der Waals surface area (Å²) in [5.41, 5.74) is 7.99. The smallest absolute Gasteiger partial charge is 0.131 e. The maximum absolute atomic E-state index is 5.98. The van der Waals surface area contributed by atoms with Gasteiger partial charge in [0.15, 0.2) is 0 Å². The molecule has 0 amide bonds. The molecule has 0 spiro atoms. The molecule has 3 rings (SSSR count). The monoisotopic (exact) mass is 220 g/mol. The zero-order valence-corrected chi connectivity index (χ0v) is 9.30. The van der Waals surface area contributed by atoms with Gasteiger partial charge in [0.1, 0.15) is 5.82 Å². The van der Waals surface area contributed by atoms with Crippen LogP contribution < -0.4 is 5.73 Å². The molecule has 0 aliphatic rings. The third kappa shape index (κ3) is 1.74. The van der Waals surface area contributed by atoms with Gasteiger partial charge in [-0.25, -0.2) is 4.98 Å². The molecule has 1 aromatic heterocycles. The second kappa shape index (κ2) is 3.91. The van der Waals surface area contributed by atoms with Crippen LogP contribution in [-0.2, 0) is 0 Å². The van der Waals surface area contributed by atoms with Crippen LogP contribution >= 0.6 is 0 Å². The van der Waals surface area contributed by atoms with E-state index in [-0.39, 0.29) is 0 Å². The molecule has 3 aromatic rings. The highest BCUT2D eigenvalue weighted by molar-refractivity contribution is 5.93. The summed E-state index contributed by atoms with van der Waals surface area (Å²) >= 11 is 0. The van der Waals surface area contributed by atoms with Crippen molar-refractivity contribution >= 4 is 16.6 Å². The van der Waals surface area contributed by atoms with Gasteiger partial charge in [0.2, 0.25) is 0 Å². The number of nitrogens with two attached hydrogens (primary N) is 1. The van der Waals surface area contributed by atoms with Gasteiger partial charge in [-0.15, -0.1) is 0 Å². The van der Waals surface area contributed by atoms with Gasteiger partial charge in [-0.2, -0.15) is 0 Å². The Bertz CT molecular complexity index is 660. The Morgan fingerprint density at radius 1 is 0.824 bits per heavy atom. The van der Waals surface area contributed by atoms with E-state index in [1.165, 1.54) is 0 Å². The quantitative estimate of drug-likeness (QED) is 0.681. The number of rotatable bonds is 1. The van der Waals surface area contributed by atoms with Crippen LogP contribution in [0, 0.1) is 0 Å². The third-order valence-electron chi connectivity index (χ3n) is 2.84. The van der Waals surface area contributed by atoms with Crippen molar-refractivity contribution in [3.05, 3.63) is 60.7 Å². The number of fused-ring (bicyclic) bond motifs is 1. The second-order valence-electron chi connectivity index (χ2n) is 3.98. The molecule has 2 nitrogen and oxygen atoms in total. The minimum absolute atomic E-state index is 0.585. The Balaban J connectivity index is 2.26. The van der Waals surface area contributed by atoms with Crippen LogP contribution in [0.25, 0.3) is 22.0 Å². The summed E-state index contributed by atoms with van der Waals surface area (Å²) in [7, 11) is 0. The largest absolute Gasteiger partial charge is 0.383 e. The lowest BCUT2D eigenvalue weighted by Crippen LogP contribution is -1.94. The van der Waals surface area contributed by atoms with Crippen LogP contribution in [0.15, 0.2) is 60.7 Å². The molecular formula is C15H12N2. The maximum atomic E-state index is 5.98. The Hall–Kier alpha value is -2.35. The van der Waals surface area contributed by atoms with Crippen LogP contribution in [0.1, 0.15) is 0 Å². The lowest BCUT2D eigenvalue weighted by atomic mass is 10.1. The fourth-order valence-corrected chi connectivity index (χ4v) is 1.98. The van der Waals surface area contributed by atoms with E-state index in [0.717, 1.165) is 22.0 Å². The normalized spacial score (nSPS) is 10.6. The van der Waals surface area contributed by atoms with E-state index < -0.39 is 0 Å². The highest BCUT2D eigenvalue weighted by atomic mass is 14.8. The van der Waals surface area contributed by atoms with Gasteiger partial charge in [0.25, 0.3) is 0 Å². The molecule has 1 heterocycles. The number of anilines is 1. The molecule has 2 N–H and O–H groups in total. The van der Waals surface area contributed by atoms with Crippen molar-refractivity contribution in [2.75, 3.05) is 5.73 Å². The molecule has 0 fully saturated rings. The molecule has 0 saturated heterocycles. The van der Waals surface area contributed by atoms with E-state index in [1.54, 1.807) is 0 Å². The lowest BCUT2D eigenvalue weighted by Gasteiger charge is -2.06.